The van der Waals surface area contributed by atoms with Crippen LogP contribution in [0.25, 0.3) is 21.3 Å². The van der Waals surface area contributed by atoms with Gasteiger partial charge in [0.2, 0.25) is 0 Å². The number of hydrogen-bond acceptors (Lipinski definition) is 5. The van der Waals surface area contributed by atoms with E-state index < -0.39 is 0 Å². The zero-order valence-electron chi connectivity index (χ0n) is 18.9. The molecule has 5 rings (SSSR count). The van der Waals surface area contributed by atoms with E-state index in [1.54, 1.807) is 11.3 Å². The topological polar surface area (TPSA) is 68.8 Å². The average molecular weight is 456 g/mol. The van der Waals surface area contributed by atoms with Gasteiger partial charge in [-0.3, -0.25) is 0 Å². The molecular weight excluding hydrogens is 426 g/mol. The second kappa shape index (κ2) is 9.73. The molecule has 0 unspecified atom stereocenters. The summed E-state index contributed by atoms with van der Waals surface area (Å²) in [5.74, 6) is 1.61. The molecule has 3 heterocycles. The highest BCUT2D eigenvalue weighted by Gasteiger charge is 2.18. The number of nitrogens with zero attached hydrogens (tertiary/aromatic N) is 3. The minimum atomic E-state index is 0.521. The zero-order valence-corrected chi connectivity index (χ0v) is 19.7. The number of nitrogen functional groups attached to an aromatic ring is 1. The summed E-state index contributed by atoms with van der Waals surface area (Å²) < 4.78 is 3.51. The number of nitrogens with two attached hydrogens (primary N) is 1. The fourth-order valence-corrected chi connectivity index (χ4v) is 5.13. The summed E-state index contributed by atoms with van der Waals surface area (Å²) in [5.41, 5.74) is 13.1. The van der Waals surface area contributed by atoms with Gasteiger partial charge in [-0.25, -0.2) is 9.97 Å². The van der Waals surface area contributed by atoms with Gasteiger partial charge >= 0.3 is 0 Å². The summed E-state index contributed by atoms with van der Waals surface area (Å²) in [6.45, 7) is 4.72. The number of imidazole rings is 1. The van der Waals surface area contributed by atoms with Crippen LogP contribution < -0.4 is 11.1 Å². The molecular formula is C27H29N5S. The van der Waals surface area contributed by atoms with E-state index in [-0.39, 0.29) is 0 Å². The summed E-state index contributed by atoms with van der Waals surface area (Å²) in [6.07, 6.45) is 3.19. The van der Waals surface area contributed by atoms with Crippen LogP contribution in [-0.4, -0.2) is 14.5 Å². The summed E-state index contributed by atoms with van der Waals surface area (Å²) in [5, 5.41) is 5.61. The van der Waals surface area contributed by atoms with E-state index in [0.29, 0.717) is 5.82 Å². The standard InChI is InChI=1S/C27H29N5S/c1-2-3-9-23-31-24-25(26-22(14-15-33-26)30-27(24)28)32(23)18-21-12-10-20(11-13-21)17-29-16-19-7-5-4-6-8-19/h4-8,10-15,29H,2-3,9,16-18H2,1H3,(H2,28,30). The normalized spacial score (nSPS) is 11.5. The smallest absolute Gasteiger partial charge is 0.152 e. The van der Waals surface area contributed by atoms with Crippen molar-refractivity contribution in [2.75, 3.05) is 5.73 Å². The van der Waals surface area contributed by atoms with E-state index >= 15 is 0 Å². The minimum absolute atomic E-state index is 0.521. The molecule has 0 amide bonds. The predicted molar refractivity (Wildman–Crippen MR) is 138 cm³/mol. The number of benzene rings is 2. The first-order valence-corrected chi connectivity index (χ1v) is 12.4. The first-order chi connectivity index (χ1) is 16.2. The number of unbranched alkanes of at least 4 members (excludes halogenated alkanes) is 1. The van der Waals surface area contributed by atoms with Gasteiger partial charge in [-0.2, -0.15) is 0 Å². The van der Waals surface area contributed by atoms with Crippen LogP contribution >= 0.6 is 11.3 Å². The fraction of sp³-hybridized carbons (Fsp3) is 0.259. The highest BCUT2D eigenvalue weighted by atomic mass is 32.1. The van der Waals surface area contributed by atoms with Crippen molar-refractivity contribution < 1.29 is 0 Å². The van der Waals surface area contributed by atoms with E-state index in [9.17, 15) is 0 Å². The number of aromatic nitrogens is 3. The molecule has 3 aromatic heterocycles. The van der Waals surface area contributed by atoms with Gasteiger partial charge in [0.1, 0.15) is 11.3 Å². The van der Waals surface area contributed by atoms with E-state index in [4.69, 9.17) is 10.7 Å². The van der Waals surface area contributed by atoms with Crippen LogP contribution in [0.2, 0.25) is 0 Å². The quantitative estimate of drug-likeness (QED) is 0.290. The molecule has 5 nitrogen and oxygen atoms in total. The summed E-state index contributed by atoms with van der Waals surface area (Å²) >= 11 is 1.71. The molecule has 0 radical (unpaired) electrons. The Kier molecular flexibility index (Phi) is 6.37. The van der Waals surface area contributed by atoms with E-state index in [0.717, 1.165) is 66.0 Å². The Hall–Kier alpha value is -3.22. The lowest BCUT2D eigenvalue weighted by molar-refractivity contribution is 0.686. The number of anilines is 1. The van der Waals surface area contributed by atoms with Crippen LogP contribution in [0.3, 0.4) is 0 Å². The van der Waals surface area contributed by atoms with Gasteiger partial charge < -0.3 is 15.6 Å². The van der Waals surface area contributed by atoms with Crippen molar-refractivity contribution in [3.05, 3.63) is 88.6 Å². The molecule has 0 bridgehead atoms. The van der Waals surface area contributed by atoms with Crippen molar-refractivity contribution in [2.45, 2.75) is 45.8 Å². The van der Waals surface area contributed by atoms with E-state index in [1.165, 1.54) is 16.7 Å². The molecule has 0 saturated heterocycles. The molecule has 0 saturated carbocycles. The molecule has 0 atom stereocenters. The molecule has 0 spiro atoms. The molecule has 3 N–H and O–H groups in total. The lowest BCUT2D eigenvalue weighted by Gasteiger charge is -2.11. The molecule has 0 aliphatic heterocycles. The Morgan fingerprint density at radius 1 is 0.909 bits per heavy atom. The van der Waals surface area contributed by atoms with Crippen LogP contribution in [0.1, 0.15) is 42.3 Å². The molecule has 6 heteroatoms. The van der Waals surface area contributed by atoms with Gasteiger partial charge in [-0.05, 0) is 34.6 Å². The Morgan fingerprint density at radius 3 is 2.39 bits per heavy atom. The highest BCUT2D eigenvalue weighted by molar-refractivity contribution is 7.18. The van der Waals surface area contributed by atoms with Crippen LogP contribution in [0.5, 0.6) is 0 Å². The Bertz CT molecular complexity index is 1350. The maximum atomic E-state index is 6.30. The first kappa shape index (κ1) is 21.6. The maximum Gasteiger partial charge on any atom is 0.152 e. The van der Waals surface area contributed by atoms with Gasteiger partial charge in [-0.1, -0.05) is 67.9 Å². The third-order valence-corrected chi connectivity index (χ3v) is 6.92. The number of pyridine rings is 1. The van der Waals surface area contributed by atoms with E-state index in [1.807, 2.05) is 12.1 Å². The van der Waals surface area contributed by atoms with Crippen LogP contribution in [0, 0.1) is 0 Å². The SMILES string of the molecule is CCCCc1nc2c(N)nc3ccsc3c2n1Cc1ccc(CNCc2ccccc2)cc1. The zero-order chi connectivity index (χ0) is 22.6. The molecule has 0 fully saturated rings. The molecule has 2 aromatic carbocycles. The second-order valence-electron chi connectivity index (χ2n) is 8.45. The number of thiophene rings is 1. The van der Waals surface area contributed by atoms with Crippen LogP contribution in [0.4, 0.5) is 5.82 Å². The van der Waals surface area contributed by atoms with Crippen molar-refractivity contribution in [1.82, 2.24) is 19.9 Å². The summed E-state index contributed by atoms with van der Waals surface area (Å²) in [4.78, 5) is 9.51. The molecule has 33 heavy (non-hydrogen) atoms. The first-order valence-electron chi connectivity index (χ1n) is 11.6. The molecule has 0 aliphatic rings. The van der Waals surface area contributed by atoms with E-state index in [2.05, 4.69) is 75.7 Å². The van der Waals surface area contributed by atoms with Crippen LogP contribution in [0.15, 0.2) is 66.0 Å². The number of aryl methyl sites for hydroxylation is 1. The third kappa shape index (κ3) is 4.63. The lowest BCUT2D eigenvalue weighted by atomic mass is 10.1. The fourth-order valence-electron chi connectivity index (χ4n) is 4.25. The van der Waals surface area contributed by atoms with Gasteiger partial charge in [0.25, 0.3) is 0 Å². The van der Waals surface area contributed by atoms with Crippen molar-refractivity contribution in [2.24, 2.45) is 0 Å². The van der Waals surface area contributed by atoms with Crippen molar-refractivity contribution >= 4 is 38.4 Å². The van der Waals surface area contributed by atoms with Gasteiger partial charge in [-0.15, -0.1) is 11.3 Å². The Morgan fingerprint density at radius 2 is 1.64 bits per heavy atom. The summed E-state index contributed by atoms with van der Waals surface area (Å²) in [6, 6.07) is 21.4. The third-order valence-electron chi connectivity index (χ3n) is 6.01. The highest BCUT2D eigenvalue weighted by Crippen LogP contribution is 2.33. The molecule has 0 aliphatic carbocycles. The number of fused-ring (bicyclic) bond motifs is 3. The molecule has 5 aromatic rings. The van der Waals surface area contributed by atoms with Crippen molar-refractivity contribution in [3.8, 4) is 0 Å². The number of nitrogens with one attached hydrogen (secondary N) is 1. The number of hydrogen-bond donors (Lipinski definition) is 2. The minimum Gasteiger partial charge on any atom is -0.382 e. The van der Waals surface area contributed by atoms with Gasteiger partial charge in [0.15, 0.2) is 5.82 Å². The average Bonchev–Trinajstić information content (AvgIpc) is 3.44. The number of rotatable bonds is 9. The van der Waals surface area contributed by atoms with Crippen molar-refractivity contribution in [3.63, 3.8) is 0 Å². The largest absolute Gasteiger partial charge is 0.382 e. The Balaban J connectivity index is 1.38. The summed E-state index contributed by atoms with van der Waals surface area (Å²) in [7, 11) is 0. The second-order valence-corrected chi connectivity index (χ2v) is 9.37. The molecule has 168 valence electrons. The Labute approximate surface area is 198 Å². The predicted octanol–water partition coefficient (Wildman–Crippen LogP) is 5.91. The van der Waals surface area contributed by atoms with Gasteiger partial charge in [0.05, 0.1) is 15.7 Å². The van der Waals surface area contributed by atoms with Crippen molar-refractivity contribution in [1.29, 1.82) is 0 Å². The monoisotopic (exact) mass is 455 g/mol. The van der Waals surface area contributed by atoms with Gasteiger partial charge in [0, 0.05) is 26.1 Å². The maximum absolute atomic E-state index is 6.30. The lowest BCUT2D eigenvalue weighted by Crippen LogP contribution is -2.12. The van der Waals surface area contributed by atoms with Crippen LogP contribution in [-0.2, 0) is 26.1 Å².